The highest BCUT2D eigenvalue weighted by Gasteiger charge is 2.13. The van der Waals surface area contributed by atoms with E-state index in [1.807, 2.05) is 6.07 Å². The van der Waals surface area contributed by atoms with E-state index < -0.39 is 0 Å². The Kier molecular flexibility index (Phi) is 8.60. The quantitative estimate of drug-likeness (QED) is 0.576. The van der Waals surface area contributed by atoms with Crippen molar-refractivity contribution in [3.8, 4) is 0 Å². The lowest BCUT2D eigenvalue weighted by molar-refractivity contribution is 0.518. The Labute approximate surface area is 130 Å². The molecule has 120 valence electrons. The molecular formula is C19H32FN. The highest BCUT2D eigenvalue weighted by molar-refractivity contribution is 5.28. The molecular weight excluding hydrogens is 261 g/mol. The van der Waals surface area contributed by atoms with Crippen LogP contribution in [0.5, 0.6) is 0 Å². The Balaban J connectivity index is 2.83. The number of benzene rings is 1. The van der Waals surface area contributed by atoms with Crippen molar-refractivity contribution in [1.29, 1.82) is 0 Å². The van der Waals surface area contributed by atoms with Crippen LogP contribution in [-0.4, -0.2) is 6.04 Å². The molecule has 0 aliphatic heterocycles. The fourth-order valence-corrected chi connectivity index (χ4v) is 2.68. The van der Waals surface area contributed by atoms with Gasteiger partial charge in [0.1, 0.15) is 5.82 Å². The lowest BCUT2D eigenvalue weighted by Gasteiger charge is -2.19. The van der Waals surface area contributed by atoms with Crippen LogP contribution in [0.25, 0.3) is 0 Å². The fourth-order valence-electron chi connectivity index (χ4n) is 2.68. The maximum absolute atomic E-state index is 13.9. The zero-order valence-electron chi connectivity index (χ0n) is 14.2. The predicted octanol–water partition coefficient (Wildman–Crippen LogP) is 5.79. The van der Waals surface area contributed by atoms with Crippen LogP contribution in [0, 0.1) is 5.82 Å². The topological polar surface area (TPSA) is 12.0 Å². The van der Waals surface area contributed by atoms with Crippen molar-refractivity contribution >= 4 is 0 Å². The SMILES string of the molecule is CCCCC(CCCC)c1ccc(F)c(CNC(C)C)c1. The Morgan fingerprint density at radius 2 is 1.67 bits per heavy atom. The van der Waals surface area contributed by atoms with Gasteiger partial charge in [0.15, 0.2) is 0 Å². The smallest absolute Gasteiger partial charge is 0.127 e. The summed E-state index contributed by atoms with van der Waals surface area (Å²) < 4.78 is 13.9. The molecule has 0 amide bonds. The van der Waals surface area contributed by atoms with E-state index in [1.54, 1.807) is 6.07 Å². The summed E-state index contributed by atoms with van der Waals surface area (Å²) >= 11 is 0. The first kappa shape index (κ1) is 18.2. The second-order valence-electron chi connectivity index (χ2n) is 6.37. The van der Waals surface area contributed by atoms with Crippen molar-refractivity contribution in [3.05, 3.63) is 35.1 Å². The van der Waals surface area contributed by atoms with Crippen molar-refractivity contribution in [2.45, 2.75) is 84.7 Å². The Bertz CT molecular complexity index is 393. The third kappa shape index (κ3) is 6.60. The van der Waals surface area contributed by atoms with Gasteiger partial charge < -0.3 is 5.32 Å². The average Bonchev–Trinajstić information content (AvgIpc) is 2.47. The molecule has 0 unspecified atom stereocenters. The van der Waals surface area contributed by atoms with Crippen LogP contribution in [0.4, 0.5) is 4.39 Å². The van der Waals surface area contributed by atoms with Gasteiger partial charge in [-0.3, -0.25) is 0 Å². The minimum absolute atomic E-state index is 0.0865. The highest BCUT2D eigenvalue weighted by atomic mass is 19.1. The molecule has 1 rings (SSSR count). The van der Waals surface area contributed by atoms with Gasteiger partial charge in [0.05, 0.1) is 0 Å². The first-order chi connectivity index (χ1) is 10.1. The van der Waals surface area contributed by atoms with E-state index in [0.717, 1.165) is 5.56 Å². The predicted molar refractivity (Wildman–Crippen MR) is 90.2 cm³/mol. The van der Waals surface area contributed by atoms with Gasteiger partial charge in [0.25, 0.3) is 0 Å². The van der Waals surface area contributed by atoms with Gasteiger partial charge in [-0.15, -0.1) is 0 Å². The molecule has 0 radical (unpaired) electrons. The number of rotatable bonds is 10. The molecule has 0 heterocycles. The standard InChI is InChI=1S/C19H32FN/c1-5-7-9-16(10-8-6-2)17-11-12-19(20)18(13-17)14-21-15(3)4/h11-13,15-16,21H,5-10,14H2,1-4H3. The third-order valence-corrected chi connectivity index (χ3v) is 4.05. The molecule has 1 aromatic rings. The minimum Gasteiger partial charge on any atom is -0.310 e. The largest absolute Gasteiger partial charge is 0.310 e. The maximum atomic E-state index is 13.9. The second-order valence-corrected chi connectivity index (χ2v) is 6.37. The first-order valence-corrected chi connectivity index (χ1v) is 8.60. The molecule has 1 aromatic carbocycles. The number of halogens is 1. The molecule has 0 bridgehead atoms. The summed E-state index contributed by atoms with van der Waals surface area (Å²) in [6, 6.07) is 6.10. The van der Waals surface area contributed by atoms with Crippen molar-refractivity contribution in [2.75, 3.05) is 0 Å². The molecule has 2 heteroatoms. The second kappa shape index (κ2) is 9.94. The molecule has 0 spiro atoms. The van der Waals surface area contributed by atoms with Gasteiger partial charge in [0.2, 0.25) is 0 Å². The number of unbranched alkanes of at least 4 members (excludes halogenated alkanes) is 2. The van der Waals surface area contributed by atoms with E-state index in [4.69, 9.17) is 0 Å². The summed E-state index contributed by atoms with van der Waals surface area (Å²) in [6.45, 7) is 9.27. The Hall–Kier alpha value is -0.890. The highest BCUT2D eigenvalue weighted by Crippen LogP contribution is 2.29. The molecule has 0 saturated carbocycles. The van der Waals surface area contributed by atoms with Gasteiger partial charge in [-0.25, -0.2) is 4.39 Å². The van der Waals surface area contributed by atoms with E-state index in [1.165, 1.54) is 44.1 Å². The Morgan fingerprint density at radius 1 is 1.05 bits per heavy atom. The summed E-state index contributed by atoms with van der Waals surface area (Å²) in [6.07, 6.45) is 7.41. The zero-order valence-corrected chi connectivity index (χ0v) is 14.2. The van der Waals surface area contributed by atoms with Crippen LogP contribution in [0.1, 0.15) is 83.3 Å². The van der Waals surface area contributed by atoms with E-state index in [-0.39, 0.29) is 5.82 Å². The summed E-state index contributed by atoms with van der Waals surface area (Å²) in [5.41, 5.74) is 2.12. The van der Waals surface area contributed by atoms with Crippen LogP contribution >= 0.6 is 0 Å². The van der Waals surface area contributed by atoms with Gasteiger partial charge in [0, 0.05) is 18.2 Å². The average molecular weight is 293 g/mol. The monoisotopic (exact) mass is 293 g/mol. The molecule has 0 aromatic heterocycles. The fraction of sp³-hybridized carbons (Fsp3) is 0.684. The van der Waals surface area contributed by atoms with Crippen LogP contribution in [0.2, 0.25) is 0 Å². The van der Waals surface area contributed by atoms with E-state index in [2.05, 4.69) is 39.1 Å². The molecule has 0 saturated heterocycles. The first-order valence-electron chi connectivity index (χ1n) is 8.60. The Morgan fingerprint density at radius 3 is 2.19 bits per heavy atom. The van der Waals surface area contributed by atoms with Crippen molar-refractivity contribution < 1.29 is 4.39 Å². The molecule has 1 nitrogen and oxygen atoms in total. The number of nitrogens with one attached hydrogen (secondary N) is 1. The minimum atomic E-state index is -0.0865. The molecule has 1 N–H and O–H groups in total. The van der Waals surface area contributed by atoms with Gasteiger partial charge in [-0.2, -0.15) is 0 Å². The third-order valence-electron chi connectivity index (χ3n) is 4.05. The summed E-state index contributed by atoms with van der Waals surface area (Å²) in [5.74, 6) is 0.500. The van der Waals surface area contributed by atoms with Crippen molar-refractivity contribution in [1.82, 2.24) is 5.32 Å². The van der Waals surface area contributed by atoms with Crippen LogP contribution in [0.15, 0.2) is 18.2 Å². The number of hydrogen-bond acceptors (Lipinski definition) is 1. The summed E-state index contributed by atoms with van der Waals surface area (Å²) in [5, 5.41) is 3.32. The van der Waals surface area contributed by atoms with E-state index >= 15 is 0 Å². The van der Waals surface area contributed by atoms with Crippen molar-refractivity contribution in [3.63, 3.8) is 0 Å². The maximum Gasteiger partial charge on any atom is 0.127 e. The van der Waals surface area contributed by atoms with Crippen molar-refractivity contribution in [2.24, 2.45) is 0 Å². The van der Waals surface area contributed by atoms with Gasteiger partial charge >= 0.3 is 0 Å². The summed E-state index contributed by atoms with van der Waals surface area (Å²) in [7, 11) is 0. The molecule has 0 fully saturated rings. The van der Waals surface area contributed by atoms with Gasteiger partial charge in [-0.1, -0.05) is 65.5 Å². The van der Waals surface area contributed by atoms with Crippen LogP contribution in [0.3, 0.4) is 0 Å². The number of hydrogen-bond donors (Lipinski definition) is 1. The van der Waals surface area contributed by atoms with E-state index in [9.17, 15) is 4.39 Å². The molecule has 0 aliphatic rings. The lowest BCUT2D eigenvalue weighted by Crippen LogP contribution is -2.22. The lowest BCUT2D eigenvalue weighted by atomic mass is 9.88. The normalized spacial score (nSPS) is 11.6. The van der Waals surface area contributed by atoms with Gasteiger partial charge in [-0.05, 0) is 30.4 Å². The van der Waals surface area contributed by atoms with E-state index in [0.29, 0.717) is 18.5 Å². The molecule has 0 aliphatic carbocycles. The molecule has 0 atom stereocenters. The van der Waals surface area contributed by atoms with Crippen LogP contribution in [-0.2, 0) is 6.54 Å². The molecule has 21 heavy (non-hydrogen) atoms. The zero-order chi connectivity index (χ0) is 15.7. The van der Waals surface area contributed by atoms with Crippen LogP contribution < -0.4 is 5.32 Å². The summed E-state index contributed by atoms with van der Waals surface area (Å²) in [4.78, 5) is 0.